The van der Waals surface area contributed by atoms with Crippen LogP contribution in [0.15, 0.2) is 29.9 Å². The zero-order valence-electron chi connectivity index (χ0n) is 11.2. The Morgan fingerprint density at radius 1 is 1.47 bits per heavy atom. The van der Waals surface area contributed by atoms with Crippen molar-refractivity contribution in [1.29, 1.82) is 0 Å². The standard InChI is InChI=1S/C12H15NO.C2H6.Y/c1-4-13(3)12(14)11-7-5-6-10(2)8-9-11;1-2;/h5-6,8-10H,1,4H2,2-3H3;1-2H3;/q-2;;. The average molecular weight is 308 g/mol. The fourth-order valence-electron chi connectivity index (χ4n) is 1.09. The number of nitrogens with zero attached hydrogens (tertiary/aromatic N) is 1. The molecule has 1 radical (unpaired) electrons. The summed E-state index contributed by atoms with van der Waals surface area (Å²) in [6.07, 6.45) is 10.6. The molecule has 1 aliphatic carbocycles. The molecule has 0 bridgehead atoms. The third kappa shape index (κ3) is 6.95. The van der Waals surface area contributed by atoms with Gasteiger partial charge in [-0.15, -0.1) is 36.9 Å². The molecule has 1 atom stereocenters. The van der Waals surface area contributed by atoms with Crippen LogP contribution in [0.4, 0.5) is 0 Å². The van der Waals surface area contributed by atoms with Crippen LogP contribution in [0.3, 0.4) is 0 Å². The van der Waals surface area contributed by atoms with E-state index >= 15 is 0 Å². The quantitative estimate of drug-likeness (QED) is 0.718. The topological polar surface area (TPSA) is 20.3 Å². The molecule has 2 nitrogen and oxygen atoms in total. The molecule has 0 saturated heterocycles. The normalized spacial score (nSPS) is 17.0. The number of carbonyl (C=O) groups is 1. The SMILES string of the molecule is CC.[CH2-]CN(C)C(=O)C1=[C-]C=CC(C)C=C1.[Y]. The molecule has 0 N–H and O–H groups in total. The summed E-state index contributed by atoms with van der Waals surface area (Å²) < 4.78 is 0. The summed E-state index contributed by atoms with van der Waals surface area (Å²) in [4.78, 5) is 13.3. The Labute approximate surface area is 131 Å². The first kappa shape index (κ1) is 19.1. The molecular formula is C14H21NOY-2. The number of hydrogen-bond acceptors (Lipinski definition) is 1. The second-order valence-corrected chi connectivity index (χ2v) is 3.36. The minimum Gasteiger partial charge on any atom is -0.410 e. The van der Waals surface area contributed by atoms with Crippen molar-refractivity contribution in [3.8, 4) is 0 Å². The van der Waals surface area contributed by atoms with Crippen LogP contribution in [0.5, 0.6) is 0 Å². The van der Waals surface area contributed by atoms with Crippen molar-refractivity contribution < 1.29 is 37.5 Å². The van der Waals surface area contributed by atoms with Crippen LogP contribution in [-0.2, 0) is 37.5 Å². The second-order valence-electron chi connectivity index (χ2n) is 3.36. The van der Waals surface area contributed by atoms with Gasteiger partial charge in [-0.3, -0.25) is 0 Å². The maximum Gasteiger partial charge on any atom is 0.165 e. The van der Waals surface area contributed by atoms with Crippen LogP contribution >= 0.6 is 0 Å². The third-order valence-corrected chi connectivity index (χ3v) is 2.12. The summed E-state index contributed by atoms with van der Waals surface area (Å²) in [6.45, 7) is 10.2. The molecule has 0 aromatic heterocycles. The Morgan fingerprint density at radius 3 is 2.59 bits per heavy atom. The number of rotatable bonds is 2. The number of likely N-dealkylation sites (N-methyl/N-ethyl adjacent to an activating group) is 1. The Bertz CT molecular complexity index is 305. The molecular weight excluding hydrogens is 287 g/mol. The number of carbonyl (C=O) groups excluding carboxylic acids is 1. The van der Waals surface area contributed by atoms with Gasteiger partial charge >= 0.3 is 0 Å². The van der Waals surface area contributed by atoms with Gasteiger partial charge in [0.05, 0.1) is 0 Å². The number of hydrogen-bond donors (Lipinski definition) is 0. The van der Waals surface area contributed by atoms with Gasteiger partial charge in [-0.25, -0.2) is 0 Å². The zero-order chi connectivity index (χ0) is 12.6. The van der Waals surface area contributed by atoms with Gasteiger partial charge in [0.2, 0.25) is 0 Å². The number of amides is 1. The van der Waals surface area contributed by atoms with E-state index in [9.17, 15) is 4.79 Å². The predicted molar refractivity (Wildman–Crippen MR) is 68.5 cm³/mol. The van der Waals surface area contributed by atoms with Gasteiger partial charge in [-0.05, 0) is 13.0 Å². The summed E-state index contributed by atoms with van der Waals surface area (Å²) in [5.74, 6) is 0.327. The van der Waals surface area contributed by atoms with Crippen LogP contribution in [0.2, 0.25) is 0 Å². The fraction of sp³-hybridized carbons (Fsp3) is 0.429. The molecule has 0 spiro atoms. The van der Waals surface area contributed by atoms with E-state index < -0.39 is 0 Å². The molecule has 17 heavy (non-hydrogen) atoms. The minimum absolute atomic E-state index is 0. The summed E-state index contributed by atoms with van der Waals surface area (Å²) in [6, 6.07) is 0. The molecule has 0 aromatic rings. The van der Waals surface area contributed by atoms with E-state index in [1.807, 2.05) is 32.1 Å². The van der Waals surface area contributed by atoms with E-state index in [2.05, 4.69) is 19.9 Å². The van der Waals surface area contributed by atoms with Crippen LogP contribution in [0, 0.1) is 18.9 Å². The molecule has 0 fully saturated rings. The number of allylic oxidation sites excluding steroid dienone is 4. The van der Waals surface area contributed by atoms with E-state index in [-0.39, 0.29) is 38.6 Å². The first-order valence-corrected chi connectivity index (χ1v) is 5.68. The summed E-state index contributed by atoms with van der Waals surface area (Å²) in [7, 11) is 1.73. The van der Waals surface area contributed by atoms with Crippen LogP contribution in [-0.4, -0.2) is 24.4 Å². The molecule has 0 aliphatic heterocycles. The Morgan fingerprint density at radius 2 is 2.06 bits per heavy atom. The minimum atomic E-state index is -0.0324. The molecule has 1 rings (SSSR count). The van der Waals surface area contributed by atoms with Crippen molar-refractivity contribution in [2.24, 2.45) is 5.92 Å². The Balaban J connectivity index is 0. The average Bonchev–Trinajstić information content (AvgIpc) is 2.54. The van der Waals surface area contributed by atoms with Gasteiger partial charge in [-0.1, -0.05) is 26.3 Å². The molecule has 3 heteroatoms. The summed E-state index contributed by atoms with van der Waals surface area (Å²) in [5, 5.41) is 0. The van der Waals surface area contributed by atoms with Crippen LogP contribution in [0.1, 0.15) is 20.8 Å². The van der Waals surface area contributed by atoms with E-state index in [1.165, 1.54) is 0 Å². The van der Waals surface area contributed by atoms with Gasteiger partial charge in [0.25, 0.3) is 0 Å². The van der Waals surface area contributed by atoms with Gasteiger partial charge in [0, 0.05) is 32.7 Å². The van der Waals surface area contributed by atoms with E-state index in [1.54, 1.807) is 18.0 Å². The van der Waals surface area contributed by atoms with Crippen molar-refractivity contribution in [3.63, 3.8) is 0 Å². The van der Waals surface area contributed by atoms with E-state index in [0.717, 1.165) is 0 Å². The van der Waals surface area contributed by atoms with Gasteiger partial charge in [-0.2, -0.15) is 0 Å². The maximum atomic E-state index is 11.7. The van der Waals surface area contributed by atoms with Crippen molar-refractivity contribution in [2.75, 3.05) is 13.6 Å². The van der Waals surface area contributed by atoms with Gasteiger partial charge in [0.15, 0.2) is 5.91 Å². The Kier molecular flexibility index (Phi) is 12.3. The molecule has 1 aliphatic rings. The fourth-order valence-corrected chi connectivity index (χ4v) is 1.09. The van der Waals surface area contributed by atoms with Gasteiger partial charge < -0.3 is 16.6 Å². The van der Waals surface area contributed by atoms with E-state index in [4.69, 9.17) is 0 Å². The molecule has 0 aromatic carbocycles. The predicted octanol–water partition coefficient (Wildman–Crippen LogP) is 2.79. The largest absolute Gasteiger partial charge is 0.410 e. The molecule has 1 unspecified atom stereocenters. The Hall–Kier alpha value is -0.206. The van der Waals surface area contributed by atoms with E-state index in [0.29, 0.717) is 18.0 Å². The van der Waals surface area contributed by atoms with Crippen molar-refractivity contribution >= 4 is 5.91 Å². The van der Waals surface area contributed by atoms with Crippen LogP contribution < -0.4 is 0 Å². The first-order valence-electron chi connectivity index (χ1n) is 5.68. The third-order valence-electron chi connectivity index (χ3n) is 2.12. The molecule has 93 valence electrons. The second kappa shape index (κ2) is 10.9. The maximum absolute atomic E-state index is 11.7. The molecule has 1 amide bonds. The summed E-state index contributed by atoms with van der Waals surface area (Å²) >= 11 is 0. The van der Waals surface area contributed by atoms with Gasteiger partial charge in [0.1, 0.15) is 0 Å². The molecule has 0 saturated carbocycles. The smallest absolute Gasteiger partial charge is 0.165 e. The van der Waals surface area contributed by atoms with Crippen LogP contribution in [0.25, 0.3) is 0 Å². The van der Waals surface area contributed by atoms with Crippen molar-refractivity contribution in [2.45, 2.75) is 20.8 Å². The summed E-state index contributed by atoms with van der Waals surface area (Å²) in [5.41, 5.74) is 0.594. The molecule has 0 heterocycles. The first-order chi connectivity index (χ1) is 7.65. The van der Waals surface area contributed by atoms with Crippen molar-refractivity contribution in [1.82, 2.24) is 4.90 Å². The van der Waals surface area contributed by atoms with Crippen molar-refractivity contribution in [3.05, 3.63) is 42.9 Å². The zero-order valence-corrected chi connectivity index (χ0v) is 14.1. The monoisotopic (exact) mass is 308 g/mol.